The van der Waals surface area contributed by atoms with Gasteiger partial charge in [0, 0.05) is 12.1 Å². The van der Waals surface area contributed by atoms with Crippen LogP contribution < -0.4 is 5.32 Å². The first-order valence-electron chi connectivity index (χ1n) is 4.62. The lowest BCUT2D eigenvalue weighted by Crippen LogP contribution is -2.43. The summed E-state index contributed by atoms with van der Waals surface area (Å²) in [5.74, 6) is 0.597. The second kappa shape index (κ2) is 3.87. The highest BCUT2D eigenvalue weighted by atomic mass is 15.3. The van der Waals surface area contributed by atoms with Crippen molar-refractivity contribution in [1.82, 2.24) is 20.7 Å². The normalized spacial score (nSPS) is 12.4. The van der Waals surface area contributed by atoms with E-state index in [2.05, 4.69) is 48.4 Å². The van der Waals surface area contributed by atoms with Crippen molar-refractivity contribution in [3.63, 3.8) is 0 Å². The Morgan fingerprint density at radius 1 is 1.54 bits per heavy atom. The van der Waals surface area contributed by atoms with Crippen LogP contribution in [0.3, 0.4) is 0 Å². The second-order valence-corrected chi connectivity index (χ2v) is 4.19. The molecule has 1 heterocycles. The summed E-state index contributed by atoms with van der Waals surface area (Å²) in [5, 5.41) is 13.8. The van der Waals surface area contributed by atoms with Gasteiger partial charge in [-0.1, -0.05) is 13.8 Å². The maximum Gasteiger partial charge on any atom is 0.0962 e. The van der Waals surface area contributed by atoms with Gasteiger partial charge in [0.15, 0.2) is 0 Å². The molecule has 0 radical (unpaired) electrons. The van der Waals surface area contributed by atoms with Crippen LogP contribution in [0, 0.1) is 5.92 Å². The van der Waals surface area contributed by atoms with Gasteiger partial charge in [0.2, 0.25) is 0 Å². The smallest absolute Gasteiger partial charge is 0.0962 e. The van der Waals surface area contributed by atoms with E-state index in [9.17, 15) is 0 Å². The molecular formula is C9H18N4. The minimum atomic E-state index is 0.138. The van der Waals surface area contributed by atoms with Gasteiger partial charge in [-0.15, -0.1) is 0 Å². The van der Waals surface area contributed by atoms with Crippen molar-refractivity contribution in [2.24, 2.45) is 5.92 Å². The van der Waals surface area contributed by atoms with E-state index in [4.69, 9.17) is 0 Å². The monoisotopic (exact) mass is 182 g/mol. The summed E-state index contributed by atoms with van der Waals surface area (Å²) in [6.45, 7) is 9.56. The van der Waals surface area contributed by atoms with Crippen molar-refractivity contribution in [2.75, 3.05) is 0 Å². The van der Waals surface area contributed by atoms with Crippen LogP contribution in [0.25, 0.3) is 0 Å². The summed E-state index contributed by atoms with van der Waals surface area (Å²) in [4.78, 5) is 0. The summed E-state index contributed by atoms with van der Waals surface area (Å²) in [7, 11) is 0. The molecule has 0 saturated carbocycles. The third-order valence-corrected chi connectivity index (χ3v) is 2.63. The summed E-state index contributed by atoms with van der Waals surface area (Å²) in [6, 6.07) is 0. The van der Waals surface area contributed by atoms with E-state index in [1.165, 1.54) is 0 Å². The molecule has 0 amide bonds. The van der Waals surface area contributed by atoms with Crippen LogP contribution in [0.4, 0.5) is 0 Å². The SMILES string of the molecule is CC(C)C(C)(C)NCc1cn[nH]n1. The lowest BCUT2D eigenvalue weighted by molar-refractivity contribution is 0.284. The van der Waals surface area contributed by atoms with E-state index >= 15 is 0 Å². The van der Waals surface area contributed by atoms with Crippen molar-refractivity contribution in [3.8, 4) is 0 Å². The van der Waals surface area contributed by atoms with Gasteiger partial charge in [0.1, 0.15) is 0 Å². The number of nitrogens with zero attached hydrogens (tertiary/aromatic N) is 2. The van der Waals surface area contributed by atoms with Crippen LogP contribution >= 0.6 is 0 Å². The fourth-order valence-electron chi connectivity index (χ4n) is 0.833. The van der Waals surface area contributed by atoms with E-state index in [1.54, 1.807) is 6.20 Å². The fourth-order valence-corrected chi connectivity index (χ4v) is 0.833. The molecule has 0 unspecified atom stereocenters. The molecule has 0 aliphatic rings. The molecule has 13 heavy (non-hydrogen) atoms. The first-order valence-corrected chi connectivity index (χ1v) is 4.62. The maximum absolute atomic E-state index is 3.98. The van der Waals surface area contributed by atoms with Crippen LogP contribution in [-0.4, -0.2) is 20.9 Å². The number of aromatic amines is 1. The molecule has 0 aromatic carbocycles. The van der Waals surface area contributed by atoms with Gasteiger partial charge in [-0.3, -0.25) is 0 Å². The van der Waals surface area contributed by atoms with Gasteiger partial charge in [-0.2, -0.15) is 15.4 Å². The highest BCUT2D eigenvalue weighted by Gasteiger charge is 2.21. The maximum atomic E-state index is 3.98. The molecule has 0 aliphatic carbocycles. The van der Waals surface area contributed by atoms with Crippen molar-refractivity contribution in [3.05, 3.63) is 11.9 Å². The van der Waals surface area contributed by atoms with Crippen LogP contribution in [0.5, 0.6) is 0 Å². The Bertz CT molecular complexity index is 238. The average molecular weight is 182 g/mol. The Balaban J connectivity index is 2.42. The second-order valence-electron chi connectivity index (χ2n) is 4.19. The third kappa shape index (κ3) is 2.81. The molecule has 4 heteroatoms. The molecule has 0 bridgehead atoms. The van der Waals surface area contributed by atoms with Gasteiger partial charge in [-0.25, -0.2) is 0 Å². The predicted octanol–water partition coefficient (Wildman–Crippen LogP) is 1.33. The van der Waals surface area contributed by atoms with Crippen molar-refractivity contribution in [2.45, 2.75) is 39.8 Å². The van der Waals surface area contributed by atoms with Gasteiger partial charge in [0.05, 0.1) is 11.9 Å². The molecular weight excluding hydrogens is 164 g/mol. The van der Waals surface area contributed by atoms with Gasteiger partial charge >= 0.3 is 0 Å². The summed E-state index contributed by atoms with van der Waals surface area (Å²) < 4.78 is 0. The van der Waals surface area contributed by atoms with Crippen LogP contribution in [0.2, 0.25) is 0 Å². The van der Waals surface area contributed by atoms with Gasteiger partial charge < -0.3 is 5.32 Å². The van der Waals surface area contributed by atoms with Crippen molar-refractivity contribution in [1.29, 1.82) is 0 Å². The van der Waals surface area contributed by atoms with E-state index in [0.717, 1.165) is 12.2 Å². The van der Waals surface area contributed by atoms with Crippen molar-refractivity contribution >= 4 is 0 Å². The van der Waals surface area contributed by atoms with E-state index in [0.29, 0.717) is 5.92 Å². The Labute approximate surface area is 79.1 Å². The number of nitrogens with one attached hydrogen (secondary N) is 2. The predicted molar refractivity (Wildman–Crippen MR) is 52.1 cm³/mol. The summed E-state index contributed by atoms with van der Waals surface area (Å²) in [5.41, 5.74) is 1.09. The van der Waals surface area contributed by atoms with Crippen LogP contribution in [-0.2, 0) is 6.54 Å². The first-order chi connectivity index (χ1) is 6.02. The Hall–Kier alpha value is -0.900. The zero-order valence-electron chi connectivity index (χ0n) is 8.76. The van der Waals surface area contributed by atoms with Gasteiger partial charge in [-0.05, 0) is 19.8 Å². The van der Waals surface area contributed by atoms with Gasteiger partial charge in [0.25, 0.3) is 0 Å². The average Bonchev–Trinajstić information content (AvgIpc) is 2.52. The highest BCUT2D eigenvalue weighted by molar-refractivity contribution is 4.92. The minimum Gasteiger partial charge on any atom is -0.306 e. The Morgan fingerprint density at radius 3 is 2.69 bits per heavy atom. The third-order valence-electron chi connectivity index (χ3n) is 2.63. The fraction of sp³-hybridized carbons (Fsp3) is 0.778. The molecule has 1 aromatic rings. The topological polar surface area (TPSA) is 53.6 Å². The molecule has 0 aliphatic heterocycles. The van der Waals surface area contributed by atoms with Crippen molar-refractivity contribution < 1.29 is 0 Å². The molecule has 0 spiro atoms. The lowest BCUT2D eigenvalue weighted by Gasteiger charge is -2.30. The quantitative estimate of drug-likeness (QED) is 0.738. The van der Waals surface area contributed by atoms with E-state index < -0.39 is 0 Å². The Morgan fingerprint density at radius 2 is 2.23 bits per heavy atom. The van der Waals surface area contributed by atoms with Crippen LogP contribution in [0.1, 0.15) is 33.4 Å². The number of hydrogen-bond donors (Lipinski definition) is 2. The lowest BCUT2D eigenvalue weighted by atomic mass is 9.91. The molecule has 74 valence electrons. The number of aromatic nitrogens is 3. The Kier molecular flexibility index (Phi) is 3.03. The van der Waals surface area contributed by atoms with E-state index in [1.807, 2.05) is 0 Å². The number of rotatable bonds is 4. The zero-order valence-corrected chi connectivity index (χ0v) is 8.76. The summed E-state index contributed by atoms with van der Waals surface area (Å²) in [6.07, 6.45) is 1.74. The summed E-state index contributed by atoms with van der Waals surface area (Å²) >= 11 is 0. The molecule has 0 atom stereocenters. The highest BCUT2D eigenvalue weighted by Crippen LogP contribution is 2.15. The molecule has 0 saturated heterocycles. The number of H-pyrrole nitrogens is 1. The van der Waals surface area contributed by atoms with Crippen LogP contribution in [0.15, 0.2) is 6.20 Å². The molecule has 1 rings (SSSR count). The minimum absolute atomic E-state index is 0.138. The first kappa shape index (κ1) is 10.2. The van der Waals surface area contributed by atoms with E-state index in [-0.39, 0.29) is 5.54 Å². The largest absolute Gasteiger partial charge is 0.306 e. The molecule has 1 aromatic heterocycles. The molecule has 0 fully saturated rings. The number of hydrogen-bond acceptors (Lipinski definition) is 3. The molecule has 4 nitrogen and oxygen atoms in total. The molecule has 2 N–H and O–H groups in total. The standard InChI is InChI=1S/C9H18N4/c1-7(2)9(3,4)10-5-8-6-11-13-12-8/h6-7,10H,5H2,1-4H3,(H,11,12,13). The zero-order chi connectivity index (χ0) is 9.90.